The molecule has 0 aliphatic heterocycles. The summed E-state index contributed by atoms with van der Waals surface area (Å²) in [5.41, 5.74) is 1.19. The summed E-state index contributed by atoms with van der Waals surface area (Å²) >= 11 is 0. The third kappa shape index (κ3) is 5.52. The van der Waals surface area contributed by atoms with Gasteiger partial charge in [0.05, 0.1) is 6.42 Å². The van der Waals surface area contributed by atoms with E-state index >= 15 is 0 Å². The van der Waals surface area contributed by atoms with E-state index in [1.54, 1.807) is 0 Å². The van der Waals surface area contributed by atoms with Crippen LogP contribution in [-0.4, -0.2) is 23.0 Å². The highest BCUT2D eigenvalue weighted by Gasteiger charge is 2.15. The Morgan fingerprint density at radius 2 is 2.24 bits per heavy atom. The van der Waals surface area contributed by atoms with E-state index in [-0.39, 0.29) is 18.4 Å². The van der Waals surface area contributed by atoms with Gasteiger partial charge in [-0.05, 0) is 32.1 Å². The lowest BCUT2D eigenvalue weighted by atomic mass is 9.97. The lowest BCUT2D eigenvalue weighted by Crippen LogP contribution is -2.36. The molecule has 0 saturated carbocycles. The van der Waals surface area contributed by atoms with Crippen LogP contribution in [0.5, 0.6) is 0 Å². The maximum absolute atomic E-state index is 11.7. The fourth-order valence-electron chi connectivity index (χ4n) is 2.06. The molecule has 1 atom stereocenters. The van der Waals surface area contributed by atoms with E-state index in [2.05, 4.69) is 11.4 Å². The lowest BCUT2D eigenvalue weighted by Gasteiger charge is -2.17. The van der Waals surface area contributed by atoms with Crippen molar-refractivity contribution in [2.45, 2.75) is 57.9 Å². The van der Waals surface area contributed by atoms with Crippen molar-refractivity contribution in [3.8, 4) is 0 Å². The van der Waals surface area contributed by atoms with E-state index in [1.807, 2.05) is 6.92 Å². The molecule has 0 heterocycles. The summed E-state index contributed by atoms with van der Waals surface area (Å²) in [7, 11) is 0. The van der Waals surface area contributed by atoms with E-state index in [9.17, 15) is 9.59 Å². The molecule has 0 aromatic carbocycles. The minimum Gasteiger partial charge on any atom is -0.481 e. The van der Waals surface area contributed by atoms with Crippen LogP contribution in [0.1, 0.15) is 51.9 Å². The van der Waals surface area contributed by atoms with Crippen LogP contribution in [0.4, 0.5) is 0 Å². The number of hydrogen-bond acceptors (Lipinski definition) is 2. The molecule has 1 rings (SSSR count). The van der Waals surface area contributed by atoms with Gasteiger partial charge in [-0.15, -0.1) is 0 Å². The first kappa shape index (κ1) is 13.7. The summed E-state index contributed by atoms with van der Waals surface area (Å²) in [6.07, 6.45) is 7.65. The molecular formula is C13H21NO3. The van der Waals surface area contributed by atoms with Crippen LogP contribution >= 0.6 is 0 Å². The van der Waals surface area contributed by atoms with Crippen LogP contribution in [0.3, 0.4) is 0 Å². The van der Waals surface area contributed by atoms with E-state index in [0.29, 0.717) is 12.8 Å². The molecule has 0 aromatic heterocycles. The average Bonchev–Trinajstić information content (AvgIpc) is 2.28. The summed E-state index contributed by atoms with van der Waals surface area (Å²) in [6.45, 7) is 1.88. The highest BCUT2D eigenvalue weighted by Crippen LogP contribution is 2.19. The standard InChI is InChI=1S/C13H21NO3/c1-2-11(9-13(16)17)14-12(15)8-10-6-4-3-5-7-10/h6,11H,2-5,7-9H2,1H3,(H,14,15)(H,16,17). The molecule has 0 spiro atoms. The molecule has 1 unspecified atom stereocenters. The van der Waals surface area contributed by atoms with Crippen LogP contribution in [-0.2, 0) is 9.59 Å². The fraction of sp³-hybridized carbons (Fsp3) is 0.692. The summed E-state index contributed by atoms with van der Waals surface area (Å²) < 4.78 is 0. The number of nitrogens with one attached hydrogen (secondary N) is 1. The Kier molecular flexibility index (Phi) is 5.73. The van der Waals surface area contributed by atoms with Gasteiger partial charge in [0, 0.05) is 12.5 Å². The molecule has 0 radical (unpaired) electrons. The summed E-state index contributed by atoms with van der Waals surface area (Å²) in [5, 5.41) is 11.5. The van der Waals surface area contributed by atoms with Gasteiger partial charge in [0.2, 0.25) is 5.91 Å². The van der Waals surface area contributed by atoms with Crippen molar-refractivity contribution in [3.63, 3.8) is 0 Å². The summed E-state index contributed by atoms with van der Waals surface area (Å²) in [4.78, 5) is 22.3. The Balaban J connectivity index is 2.36. The van der Waals surface area contributed by atoms with Crippen LogP contribution in [0, 0.1) is 0 Å². The van der Waals surface area contributed by atoms with Crippen molar-refractivity contribution in [1.82, 2.24) is 5.32 Å². The Morgan fingerprint density at radius 3 is 2.76 bits per heavy atom. The molecule has 1 amide bonds. The fourth-order valence-corrected chi connectivity index (χ4v) is 2.06. The first-order valence-electron chi connectivity index (χ1n) is 6.31. The van der Waals surface area contributed by atoms with Crippen molar-refractivity contribution in [2.24, 2.45) is 0 Å². The molecule has 0 fully saturated rings. The maximum Gasteiger partial charge on any atom is 0.305 e. The average molecular weight is 239 g/mol. The highest BCUT2D eigenvalue weighted by atomic mass is 16.4. The number of carboxylic acids is 1. The second-order valence-electron chi connectivity index (χ2n) is 4.56. The van der Waals surface area contributed by atoms with Gasteiger partial charge in [-0.3, -0.25) is 9.59 Å². The molecule has 4 nitrogen and oxygen atoms in total. The molecular weight excluding hydrogens is 218 g/mol. The lowest BCUT2D eigenvalue weighted by molar-refractivity contribution is -0.137. The first-order chi connectivity index (χ1) is 8.11. The van der Waals surface area contributed by atoms with E-state index in [1.165, 1.54) is 12.0 Å². The van der Waals surface area contributed by atoms with Gasteiger partial charge in [-0.1, -0.05) is 18.6 Å². The molecule has 1 aliphatic carbocycles. The topological polar surface area (TPSA) is 66.4 Å². The van der Waals surface area contributed by atoms with Crippen molar-refractivity contribution in [2.75, 3.05) is 0 Å². The number of carboxylic acid groups (broad SMARTS) is 1. The third-order valence-corrected chi connectivity index (χ3v) is 3.05. The van der Waals surface area contributed by atoms with Gasteiger partial charge in [0.15, 0.2) is 0 Å². The Bertz CT molecular complexity index is 310. The van der Waals surface area contributed by atoms with E-state index in [4.69, 9.17) is 5.11 Å². The maximum atomic E-state index is 11.7. The number of aliphatic carboxylic acids is 1. The predicted octanol–water partition coefficient (Wildman–Crippen LogP) is 2.25. The van der Waals surface area contributed by atoms with Crippen LogP contribution in [0.25, 0.3) is 0 Å². The summed E-state index contributed by atoms with van der Waals surface area (Å²) in [5.74, 6) is -0.916. The van der Waals surface area contributed by atoms with Crippen molar-refractivity contribution in [1.29, 1.82) is 0 Å². The zero-order valence-corrected chi connectivity index (χ0v) is 10.4. The van der Waals surface area contributed by atoms with Crippen LogP contribution < -0.4 is 5.32 Å². The SMILES string of the molecule is CCC(CC(=O)O)NC(=O)CC1=CCCCC1. The number of hydrogen-bond donors (Lipinski definition) is 2. The molecule has 1 aliphatic rings. The first-order valence-corrected chi connectivity index (χ1v) is 6.31. The second-order valence-corrected chi connectivity index (χ2v) is 4.56. The zero-order chi connectivity index (χ0) is 12.7. The second kappa shape index (κ2) is 7.09. The zero-order valence-electron chi connectivity index (χ0n) is 10.4. The number of rotatable bonds is 6. The van der Waals surface area contributed by atoms with Gasteiger partial charge in [-0.2, -0.15) is 0 Å². The molecule has 0 aromatic rings. The number of allylic oxidation sites excluding steroid dienone is 1. The molecule has 4 heteroatoms. The molecule has 0 bridgehead atoms. The third-order valence-electron chi connectivity index (χ3n) is 3.05. The van der Waals surface area contributed by atoms with Crippen molar-refractivity contribution >= 4 is 11.9 Å². The Hall–Kier alpha value is -1.32. The Morgan fingerprint density at radius 1 is 1.47 bits per heavy atom. The van der Waals surface area contributed by atoms with Crippen molar-refractivity contribution < 1.29 is 14.7 Å². The van der Waals surface area contributed by atoms with E-state index < -0.39 is 5.97 Å². The normalized spacial score (nSPS) is 17.1. The number of carbonyl (C=O) groups is 2. The highest BCUT2D eigenvalue weighted by molar-refractivity contribution is 5.79. The number of carbonyl (C=O) groups excluding carboxylic acids is 1. The monoisotopic (exact) mass is 239 g/mol. The minimum absolute atomic E-state index is 0.00128. The van der Waals surface area contributed by atoms with Gasteiger partial charge in [-0.25, -0.2) is 0 Å². The van der Waals surface area contributed by atoms with Crippen LogP contribution in [0.15, 0.2) is 11.6 Å². The predicted molar refractivity (Wildman–Crippen MR) is 65.6 cm³/mol. The quantitative estimate of drug-likeness (QED) is 0.699. The molecule has 17 heavy (non-hydrogen) atoms. The molecule has 0 saturated heterocycles. The van der Waals surface area contributed by atoms with Gasteiger partial charge >= 0.3 is 5.97 Å². The molecule has 96 valence electrons. The Labute approximate surface area is 102 Å². The molecule has 2 N–H and O–H groups in total. The van der Waals surface area contributed by atoms with E-state index in [0.717, 1.165) is 19.3 Å². The summed E-state index contributed by atoms with van der Waals surface area (Å²) in [6, 6.07) is -0.246. The largest absolute Gasteiger partial charge is 0.481 e. The number of amides is 1. The van der Waals surface area contributed by atoms with Gasteiger partial charge in [0.25, 0.3) is 0 Å². The van der Waals surface area contributed by atoms with Crippen LogP contribution in [0.2, 0.25) is 0 Å². The van der Waals surface area contributed by atoms with Crippen molar-refractivity contribution in [3.05, 3.63) is 11.6 Å². The smallest absolute Gasteiger partial charge is 0.305 e. The van der Waals surface area contributed by atoms with Gasteiger partial charge in [0.1, 0.15) is 0 Å². The minimum atomic E-state index is -0.867. The van der Waals surface area contributed by atoms with Gasteiger partial charge < -0.3 is 10.4 Å².